The van der Waals surface area contributed by atoms with Crippen LogP contribution < -0.4 is 5.32 Å². The van der Waals surface area contributed by atoms with Gasteiger partial charge in [0.15, 0.2) is 0 Å². The normalized spacial score (nSPS) is 16.2. The minimum Gasteiger partial charge on any atom is -0.478 e. The van der Waals surface area contributed by atoms with Crippen LogP contribution in [0.2, 0.25) is 0 Å². The van der Waals surface area contributed by atoms with E-state index in [-0.39, 0.29) is 18.0 Å². The minimum absolute atomic E-state index is 0. The number of carboxylic acids is 1. The first kappa shape index (κ1) is 26.0. The van der Waals surface area contributed by atoms with Gasteiger partial charge in [0.1, 0.15) is 0 Å². The molecule has 0 radical (unpaired) electrons. The fourth-order valence-electron chi connectivity index (χ4n) is 3.76. The van der Waals surface area contributed by atoms with Crippen molar-refractivity contribution in [3.63, 3.8) is 0 Å². The highest BCUT2D eigenvalue weighted by molar-refractivity contribution is 5.88. The zero-order valence-corrected chi connectivity index (χ0v) is 18.4. The van der Waals surface area contributed by atoms with Crippen molar-refractivity contribution in [1.29, 1.82) is 0 Å². The van der Waals surface area contributed by atoms with E-state index >= 15 is 0 Å². The van der Waals surface area contributed by atoms with Crippen LogP contribution in [0.15, 0.2) is 48.5 Å². The molecule has 1 fully saturated rings. The van der Waals surface area contributed by atoms with Crippen molar-refractivity contribution < 1.29 is 28.2 Å². The van der Waals surface area contributed by atoms with E-state index in [1.165, 1.54) is 24.3 Å². The van der Waals surface area contributed by atoms with Gasteiger partial charge in [-0.2, -0.15) is 13.2 Å². The van der Waals surface area contributed by atoms with Gasteiger partial charge < -0.3 is 20.4 Å². The molecule has 5 nitrogen and oxygen atoms in total. The van der Waals surface area contributed by atoms with Crippen LogP contribution in [0.4, 0.5) is 18.9 Å². The number of aliphatic hydroxyl groups is 1. The summed E-state index contributed by atoms with van der Waals surface area (Å²) in [7, 11) is 0. The molecule has 2 aromatic rings. The lowest BCUT2D eigenvalue weighted by Gasteiger charge is -2.38. The summed E-state index contributed by atoms with van der Waals surface area (Å²) in [5.41, 5.74) is 0.520. The molecule has 0 atom stereocenters. The smallest absolute Gasteiger partial charge is 0.416 e. The molecule has 1 aliphatic heterocycles. The van der Waals surface area contributed by atoms with Crippen LogP contribution in [0.25, 0.3) is 0 Å². The van der Waals surface area contributed by atoms with E-state index < -0.39 is 23.3 Å². The molecule has 0 amide bonds. The number of piperidine rings is 1. The third-order valence-electron chi connectivity index (χ3n) is 5.84. The molecule has 0 aliphatic carbocycles. The molecule has 0 spiro atoms. The molecule has 32 heavy (non-hydrogen) atoms. The first-order valence-electron chi connectivity index (χ1n) is 10.3. The Morgan fingerprint density at radius 2 is 1.62 bits per heavy atom. The van der Waals surface area contributed by atoms with Gasteiger partial charge in [0, 0.05) is 31.9 Å². The van der Waals surface area contributed by atoms with E-state index in [2.05, 4.69) is 10.2 Å². The first-order chi connectivity index (χ1) is 14.6. The lowest BCUT2D eigenvalue weighted by atomic mass is 9.88. The van der Waals surface area contributed by atoms with Crippen molar-refractivity contribution in [3.05, 3.63) is 65.2 Å². The van der Waals surface area contributed by atoms with Gasteiger partial charge in [-0.05, 0) is 67.6 Å². The van der Waals surface area contributed by atoms with Crippen LogP contribution in [0.5, 0.6) is 0 Å². The summed E-state index contributed by atoms with van der Waals surface area (Å²) in [6.45, 7) is 2.80. The van der Waals surface area contributed by atoms with Crippen molar-refractivity contribution in [2.45, 2.75) is 37.5 Å². The Balaban J connectivity index is 0.00000363. The van der Waals surface area contributed by atoms with Crippen molar-refractivity contribution in [3.8, 4) is 0 Å². The van der Waals surface area contributed by atoms with E-state index in [4.69, 9.17) is 5.11 Å². The number of halogens is 4. The second kappa shape index (κ2) is 11.0. The van der Waals surface area contributed by atoms with Crippen molar-refractivity contribution in [2.24, 2.45) is 0 Å². The van der Waals surface area contributed by atoms with Crippen LogP contribution >= 0.6 is 12.4 Å². The number of hydrogen-bond acceptors (Lipinski definition) is 4. The van der Waals surface area contributed by atoms with E-state index in [1.807, 2.05) is 0 Å². The predicted octanol–water partition coefficient (Wildman–Crippen LogP) is 4.70. The summed E-state index contributed by atoms with van der Waals surface area (Å²) in [6.07, 6.45) is -1.78. The predicted molar refractivity (Wildman–Crippen MR) is 120 cm³/mol. The summed E-state index contributed by atoms with van der Waals surface area (Å²) in [5, 5.41) is 23.0. The largest absolute Gasteiger partial charge is 0.478 e. The van der Waals surface area contributed by atoms with Gasteiger partial charge in [0.05, 0.1) is 16.7 Å². The molecule has 9 heteroatoms. The highest BCUT2D eigenvalue weighted by Gasteiger charge is 2.32. The van der Waals surface area contributed by atoms with Crippen LogP contribution in [0.3, 0.4) is 0 Å². The quantitative estimate of drug-likeness (QED) is 0.519. The monoisotopic (exact) mass is 472 g/mol. The number of nitrogens with zero attached hydrogens (tertiary/aromatic N) is 1. The molecule has 176 valence electrons. The standard InChI is InChI=1S/C23H27F3N2O3.ClH/c24-23(25,26)19-5-1-17(2-6-19)9-14-28-15-11-22(31,12-16-28)10-13-27-20-7-3-18(4-8-20)21(29)30;/h1-8,27,31H,9-16H2,(H,29,30);1H. The number of nitrogens with one attached hydrogen (secondary N) is 1. The molecule has 0 aromatic heterocycles. The van der Waals surface area contributed by atoms with Crippen LogP contribution in [0.1, 0.15) is 40.7 Å². The Labute approximate surface area is 191 Å². The lowest BCUT2D eigenvalue weighted by Crippen LogP contribution is -2.45. The Morgan fingerprint density at radius 3 is 2.16 bits per heavy atom. The van der Waals surface area contributed by atoms with Gasteiger partial charge in [-0.1, -0.05) is 12.1 Å². The van der Waals surface area contributed by atoms with Gasteiger partial charge in [-0.15, -0.1) is 12.4 Å². The molecule has 0 unspecified atom stereocenters. The number of rotatable bonds is 8. The van der Waals surface area contributed by atoms with E-state index in [9.17, 15) is 23.1 Å². The van der Waals surface area contributed by atoms with E-state index in [1.54, 1.807) is 12.1 Å². The molecular formula is C23H28ClF3N2O3. The number of carboxylic acid groups (broad SMARTS) is 1. The summed E-state index contributed by atoms with van der Waals surface area (Å²) >= 11 is 0. The van der Waals surface area contributed by atoms with E-state index in [0.717, 1.165) is 43.0 Å². The number of aromatic carboxylic acids is 1. The molecule has 3 N–H and O–H groups in total. The molecule has 2 aromatic carbocycles. The molecule has 0 bridgehead atoms. The van der Waals surface area contributed by atoms with Crippen LogP contribution in [0, 0.1) is 0 Å². The number of hydrogen-bond donors (Lipinski definition) is 3. The maximum atomic E-state index is 12.6. The second-order valence-electron chi connectivity index (χ2n) is 8.07. The summed E-state index contributed by atoms with van der Waals surface area (Å²) in [6, 6.07) is 11.8. The van der Waals surface area contributed by atoms with Crippen molar-refractivity contribution in [2.75, 3.05) is 31.5 Å². The number of carbonyl (C=O) groups is 1. The van der Waals surface area contributed by atoms with Crippen LogP contribution in [-0.4, -0.2) is 52.9 Å². The maximum absolute atomic E-state index is 12.6. The Kier molecular flexibility index (Phi) is 8.95. The van der Waals surface area contributed by atoms with Gasteiger partial charge >= 0.3 is 12.1 Å². The average Bonchev–Trinajstić information content (AvgIpc) is 2.73. The SMILES string of the molecule is Cl.O=C(O)c1ccc(NCCC2(O)CCN(CCc3ccc(C(F)(F)F)cc3)CC2)cc1. The summed E-state index contributed by atoms with van der Waals surface area (Å²) < 4.78 is 37.9. The van der Waals surface area contributed by atoms with Crippen molar-refractivity contribution >= 4 is 24.1 Å². The maximum Gasteiger partial charge on any atom is 0.416 e. The highest BCUT2D eigenvalue weighted by atomic mass is 35.5. The average molecular weight is 473 g/mol. The zero-order valence-electron chi connectivity index (χ0n) is 17.6. The Hall–Kier alpha value is -2.29. The van der Waals surface area contributed by atoms with E-state index in [0.29, 0.717) is 32.2 Å². The van der Waals surface area contributed by atoms with Gasteiger partial charge in [0.25, 0.3) is 0 Å². The third kappa shape index (κ3) is 7.39. The van der Waals surface area contributed by atoms with Gasteiger partial charge in [-0.25, -0.2) is 4.79 Å². The fraction of sp³-hybridized carbons (Fsp3) is 0.435. The van der Waals surface area contributed by atoms with Gasteiger partial charge in [0.2, 0.25) is 0 Å². The fourth-order valence-corrected chi connectivity index (χ4v) is 3.76. The molecule has 1 aliphatic rings. The third-order valence-corrected chi connectivity index (χ3v) is 5.84. The summed E-state index contributed by atoms with van der Waals surface area (Å²) in [5.74, 6) is -0.967. The highest BCUT2D eigenvalue weighted by Crippen LogP contribution is 2.29. The number of alkyl halides is 3. The van der Waals surface area contributed by atoms with Gasteiger partial charge in [-0.3, -0.25) is 0 Å². The molecule has 3 rings (SSSR count). The number of anilines is 1. The first-order valence-corrected chi connectivity index (χ1v) is 10.3. The number of likely N-dealkylation sites (tertiary alicyclic amines) is 1. The minimum atomic E-state index is -4.31. The van der Waals surface area contributed by atoms with Crippen LogP contribution in [-0.2, 0) is 12.6 Å². The molecule has 1 saturated heterocycles. The Morgan fingerprint density at radius 1 is 1.03 bits per heavy atom. The summed E-state index contributed by atoms with van der Waals surface area (Å²) in [4.78, 5) is 13.1. The zero-order chi connectivity index (χ0) is 22.5. The second-order valence-corrected chi connectivity index (χ2v) is 8.07. The van der Waals surface area contributed by atoms with Crippen molar-refractivity contribution in [1.82, 2.24) is 4.90 Å². The molecule has 0 saturated carbocycles. The molecule has 1 heterocycles. The topological polar surface area (TPSA) is 72.8 Å². The number of benzene rings is 2. The molecular weight excluding hydrogens is 445 g/mol. The lowest BCUT2D eigenvalue weighted by molar-refractivity contribution is -0.137. The Bertz CT molecular complexity index is 866.